The molecular weight excluding hydrogens is 302 g/mol. The summed E-state index contributed by atoms with van der Waals surface area (Å²) in [5.41, 5.74) is 8.58. The van der Waals surface area contributed by atoms with Gasteiger partial charge < -0.3 is 10.3 Å². The molecule has 0 amide bonds. The van der Waals surface area contributed by atoms with Crippen LogP contribution >= 0.6 is 15.9 Å². The van der Waals surface area contributed by atoms with Crippen molar-refractivity contribution in [3.05, 3.63) is 28.5 Å². The Hall–Kier alpha value is -0.870. The fourth-order valence-electron chi connectivity index (χ4n) is 3.17. The number of aryl methyl sites for hydroxylation is 1. The Balaban J connectivity index is 2.13. The van der Waals surface area contributed by atoms with E-state index in [2.05, 4.69) is 45.6 Å². The summed E-state index contributed by atoms with van der Waals surface area (Å²) >= 11 is 3.53. The van der Waals surface area contributed by atoms with E-state index in [1.165, 1.54) is 24.2 Å². The molecule has 1 saturated carbocycles. The van der Waals surface area contributed by atoms with Crippen molar-refractivity contribution in [2.75, 3.05) is 0 Å². The van der Waals surface area contributed by atoms with Crippen LogP contribution in [0.2, 0.25) is 0 Å². The summed E-state index contributed by atoms with van der Waals surface area (Å²) in [6, 6.07) is 6.63. The van der Waals surface area contributed by atoms with Gasteiger partial charge in [0.1, 0.15) is 5.82 Å². The molecule has 4 heteroatoms. The first-order valence-electron chi connectivity index (χ1n) is 7.12. The van der Waals surface area contributed by atoms with Crippen LogP contribution in [0.5, 0.6) is 0 Å². The topological polar surface area (TPSA) is 43.8 Å². The first-order chi connectivity index (χ1) is 9.20. The molecule has 3 nitrogen and oxygen atoms in total. The molecule has 1 aromatic carbocycles. The molecule has 0 aliphatic heterocycles. The Labute approximate surface area is 122 Å². The van der Waals surface area contributed by atoms with Crippen LogP contribution in [0.25, 0.3) is 11.0 Å². The van der Waals surface area contributed by atoms with Crippen LogP contribution in [0.1, 0.15) is 44.3 Å². The van der Waals surface area contributed by atoms with Crippen molar-refractivity contribution in [3.63, 3.8) is 0 Å². The molecular formula is C15H20BrN3. The van der Waals surface area contributed by atoms with Gasteiger partial charge in [-0.05, 0) is 37.5 Å². The number of halogens is 1. The number of nitrogens with zero attached hydrogens (tertiary/aromatic N) is 2. The summed E-state index contributed by atoms with van der Waals surface area (Å²) < 4.78 is 3.46. The van der Waals surface area contributed by atoms with Gasteiger partial charge in [-0.25, -0.2) is 4.98 Å². The van der Waals surface area contributed by atoms with Crippen LogP contribution in [-0.2, 0) is 6.54 Å². The van der Waals surface area contributed by atoms with Crippen molar-refractivity contribution in [1.82, 2.24) is 9.55 Å². The zero-order valence-corrected chi connectivity index (χ0v) is 12.9. The number of aromatic nitrogens is 2. The van der Waals surface area contributed by atoms with E-state index < -0.39 is 0 Å². The predicted molar refractivity (Wildman–Crippen MR) is 82.3 cm³/mol. The summed E-state index contributed by atoms with van der Waals surface area (Å²) in [6.45, 7) is 3.24. The fourth-order valence-corrected chi connectivity index (χ4v) is 3.52. The second-order valence-electron chi connectivity index (χ2n) is 5.46. The summed E-state index contributed by atoms with van der Waals surface area (Å²) in [7, 11) is 0. The highest BCUT2D eigenvalue weighted by atomic mass is 79.9. The van der Waals surface area contributed by atoms with Crippen molar-refractivity contribution >= 4 is 27.0 Å². The van der Waals surface area contributed by atoms with Gasteiger partial charge >= 0.3 is 0 Å². The average Bonchev–Trinajstić information content (AvgIpc) is 2.94. The van der Waals surface area contributed by atoms with Crippen LogP contribution in [-0.4, -0.2) is 15.6 Å². The minimum absolute atomic E-state index is 0.274. The molecule has 1 heterocycles. The van der Waals surface area contributed by atoms with E-state index in [1.807, 2.05) is 0 Å². The largest absolute Gasteiger partial charge is 0.328 e. The molecule has 1 aliphatic carbocycles. The van der Waals surface area contributed by atoms with E-state index in [4.69, 9.17) is 10.7 Å². The van der Waals surface area contributed by atoms with Crippen LogP contribution in [0.3, 0.4) is 0 Å². The summed E-state index contributed by atoms with van der Waals surface area (Å²) in [6.07, 6.45) is 4.65. The number of fused-ring (bicyclic) bond motifs is 1. The highest BCUT2D eigenvalue weighted by Crippen LogP contribution is 2.35. The molecule has 0 spiro atoms. The van der Waals surface area contributed by atoms with Crippen molar-refractivity contribution in [2.24, 2.45) is 5.73 Å². The third kappa shape index (κ3) is 2.32. The van der Waals surface area contributed by atoms with Crippen LogP contribution in [0, 0.1) is 0 Å². The van der Waals surface area contributed by atoms with E-state index in [1.54, 1.807) is 0 Å². The summed E-state index contributed by atoms with van der Waals surface area (Å²) in [5, 5.41) is 0. The highest BCUT2D eigenvalue weighted by molar-refractivity contribution is 9.10. The molecule has 2 N–H and O–H groups in total. The molecule has 0 bridgehead atoms. The maximum Gasteiger partial charge on any atom is 0.114 e. The highest BCUT2D eigenvalue weighted by Gasteiger charge is 2.29. The van der Waals surface area contributed by atoms with Gasteiger partial charge in [0.15, 0.2) is 0 Å². The summed E-state index contributed by atoms with van der Waals surface area (Å²) in [5.74, 6) is 1.62. The number of hydrogen-bond acceptors (Lipinski definition) is 2. The second-order valence-corrected chi connectivity index (χ2v) is 6.37. The van der Waals surface area contributed by atoms with Crippen molar-refractivity contribution in [2.45, 2.75) is 51.1 Å². The Morgan fingerprint density at radius 3 is 2.95 bits per heavy atom. The minimum Gasteiger partial charge on any atom is -0.328 e. The minimum atomic E-state index is 0.274. The molecule has 3 rings (SSSR count). The molecule has 1 aromatic heterocycles. The third-order valence-corrected chi connectivity index (χ3v) is 4.58. The zero-order chi connectivity index (χ0) is 13.4. The molecule has 2 atom stereocenters. The van der Waals surface area contributed by atoms with Crippen molar-refractivity contribution in [3.8, 4) is 0 Å². The molecule has 102 valence electrons. The lowest BCUT2D eigenvalue weighted by molar-refractivity contribution is 0.538. The standard InChI is InChI=1S/C15H20BrN3/c1-2-8-19-14-7-6-10(16)9-13(14)18-15(19)11-4-3-5-12(11)17/h6-7,9,11-12H,2-5,8,17H2,1H3. The molecule has 0 saturated heterocycles. The number of benzene rings is 1. The lowest BCUT2D eigenvalue weighted by atomic mass is 10.0. The SMILES string of the molecule is CCCn1c(C2CCCC2N)nc2cc(Br)ccc21. The van der Waals surface area contributed by atoms with Crippen molar-refractivity contribution in [1.29, 1.82) is 0 Å². The second kappa shape index (κ2) is 5.25. The smallest absolute Gasteiger partial charge is 0.114 e. The van der Waals surface area contributed by atoms with Gasteiger partial charge in [0, 0.05) is 23.0 Å². The number of rotatable bonds is 3. The van der Waals surface area contributed by atoms with E-state index in [9.17, 15) is 0 Å². The molecule has 0 radical (unpaired) electrons. The number of imidazole rings is 1. The number of nitrogens with two attached hydrogens (primary N) is 1. The Morgan fingerprint density at radius 1 is 1.42 bits per heavy atom. The van der Waals surface area contributed by atoms with Gasteiger partial charge in [-0.2, -0.15) is 0 Å². The normalized spacial score (nSPS) is 23.3. The average molecular weight is 322 g/mol. The van der Waals surface area contributed by atoms with Gasteiger partial charge in [-0.3, -0.25) is 0 Å². The van der Waals surface area contributed by atoms with E-state index in [-0.39, 0.29) is 6.04 Å². The van der Waals surface area contributed by atoms with Gasteiger partial charge in [-0.1, -0.05) is 29.3 Å². The first kappa shape index (κ1) is 13.1. The molecule has 2 aromatic rings. The van der Waals surface area contributed by atoms with Crippen LogP contribution in [0.4, 0.5) is 0 Å². The predicted octanol–water partition coefficient (Wildman–Crippen LogP) is 3.80. The monoisotopic (exact) mass is 321 g/mol. The zero-order valence-electron chi connectivity index (χ0n) is 11.3. The maximum atomic E-state index is 6.27. The number of hydrogen-bond donors (Lipinski definition) is 1. The van der Waals surface area contributed by atoms with Gasteiger partial charge in [0.25, 0.3) is 0 Å². The van der Waals surface area contributed by atoms with E-state index in [0.717, 1.165) is 29.4 Å². The van der Waals surface area contributed by atoms with Gasteiger partial charge in [-0.15, -0.1) is 0 Å². The quantitative estimate of drug-likeness (QED) is 0.934. The Bertz CT molecular complexity index is 590. The van der Waals surface area contributed by atoms with Crippen LogP contribution in [0.15, 0.2) is 22.7 Å². The molecule has 19 heavy (non-hydrogen) atoms. The lowest BCUT2D eigenvalue weighted by Crippen LogP contribution is -2.25. The molecule has 1 aliphatic rings. The van der Waals surface area contributed by atoms with E-state index in [0.29, 0.717) is 5.92 Å². The summed E-state index contributed by atoms with van der Waals surface area (Å²) in [4.78, 5) is 4.88. The lowest BCUT2D eigenvalue weighted by Gasteiger charge is -2.17. The maximum absolute atomic E-state index is 6.27. The molecule has 2 unspecified atom stereocenters. The third-order valence-electron chi connectivity index (χ3n) is 4.09. The van der Waals surface area contributed by atoms with Gasteiger partial charge in [0.05, 0.1) is 11.0 Å². The first-order valence-corrected chi connectivity index (χ1v) is 7.91. The van der Waals surface area contributed by atoms with Gasteiger partial charge in [0.2, 0.25) is 0 Å². The van der Waals surface area contributed by atoms with Crippen molar-refractivity contribution < 1.29 is 0 Å². The Morgan fingerprint density at radius 2 is 2.26 bits per heavy atom. The van der Waals surface area contributed by atoms with Crippen LogP contribution < -0.4 is 5.73 Å². The fraction of sp³-hybridized carbons (Fsp3) is 0.533. The molecule has 1 fully saturated rings. The van der Waals surface area contributed by atoms with E-state index >= 15 is 0 Å². The Kier molecular flexibility index (Phi) is 3.63.